The van der Waals surface area contributed by atoms with E-state index in [1.807, 2.05) is 0 Å². The van der Waals surface area contributed by atoms with E-state index in [1.54, 1.807) is 12.1 Å². The molecule has 1 aromatic rings. The van der Waals surface area contributed by atoms with Gasteiger partial charge in [0.1, 0.15) is 0 Å². The zero-order valence-corrected chi connectivity index (χ0v) is 8.03. The first-order chi connectivity index (χ1) is 5.24. The van der Waals surface area contributed by atoms with Gasteiger partial charge in [0, 0.05) is 0 Å². The molecule has 0 fully saturated rings. The van der Waals surface area contributed by atoms with Crippen LogP contribution in [0.25, 0.3) is 0 Å². The summed E-state index contributed by atoms with van der Waals surface area (Å²) in [5.41, 5.74) is 0.110. The van der Waals surface area contributed by atoms with Crippen LogP contribution in [0.15, 0.2) is 24.3 Å². The van der Waals surface area contributed by atoms with Crippen LogP contribution < -0.4 is 4.35 Å². The van der Waals surface area contributed by atoms with Crippen LogP contribution in [0.2, 0.25) is 0 Å². The molecule has 5 heteroatoms. The van der Waals surface area contributed by atoms with E-state index in [1.165, 1.54) is 12.1 Å². The SMILES string of the molecule is O=[N+]([O-])c1cccc([As]Cl)c1. The number of halogens is 1. The van der Waals surface area contributed by atoms with Gasteiger partial charge in [-0.25, -0.2) is 0 Å². The molecular formula is C6H4AsClNO2. The Bertz CT molecular complexity index is 279. The maximum absolute atomic E-state index is 10.2. The summed E-state index contributed by atoms with van der Waals surface area (Å²) in [6.07, 6.45) is 0. The molecule has 0 aliphatic rings. The van der Waals surface area contributed by atoms with Crippen molar-refractivity contribution in [3.05, 3.63) is 34.4 Å². The second-order valence-electron chi connectivity index (χ2n) is 1.86. The van der Waals surface area contributed by atoms with Crippen LogP contribution in [-0.2, 0) is 0 Å². The number of rotatable bonds is 2. The van der Waals surface area contributed by atoms with Crippen LogP contribution in [-0.4, -0.2) is 19.7 Å². The number of nitrogens with zero attached hydrogens (tertiary/aromatic N) is 1. The topological polar surface area (TPSA) is 43.1 Å². The van der Waals surface area contributed by atoms with Gasteiger partial charge in [0.15, 0.2) is 0 Å². The van der Waals surface area contributed by atoms with E-state index >= 15 is 0 Å². The summed E-state index contributed by atoms with van der Waals surface area (Å²) in [4.78, 5) is 9.82. The Morgan fingerprint density at radius 1 is 1.55 bits per heavy atom. The summed E-state index contributed by atoms with van der Waals surface area (Å²) in [7, 11) is 5.57. The molecular weight excluding hydrogens is 228 g/mol. The average Bonchev–Trinajstić information content (AvgIpc) is 2.05. The maximum atomic E-state index is 10.2. The normalized spacial score (nSPS) is 10.6. The Morgan fingerprint density at radius 3 is 2.82 bits per heavy atom. The molecule has 1 rings (SSSR count). The van der Waals surface area contributed by atoms with E-state index in [2.05, 4.69) is 0 Å². The first-order valence-corrected chi connectivity index (χ1v) is 6.21. The monoisotopic (exact) mass is 232 g/mol. The Hall–Kier alpha value is -0.532. The average molecular weight is 232 g/mol. The minimum absolute atomic E-state index is 0.110. The molecule has 0 unspecified atom stereocenters. The second kappa shape index (κ2) is 3.74. The Kier molecular flexibility index (Phi) is 2.91. The summed E-state index contributed by atoms with van der Waals surface area (Å²) in [6.45, 7) is 0. The molecule has 11 heavy (non-hydrogen) atoms. The van der Waals surface area contributed by atoms with Crippen molar-refractivity contribution in [3.63, 3.8) is 0 Å². The number of non-ortho nitro benzene ring substituents is 1. The first kappa shape index (κ1) is 8.56. The number of hydrogen-bond donors (Lipinski definition) is 0. The predicted molar refractivity (Wildman–Crippen MR) is 44.3 cm³/mol. The molecule has 0 saturated heterocycles. The van der Waals surface area contributed by atoms with Crippen molar-refractivity contribution >= 4 is 34.8 Å². The molecule has 0 aliphatic carbocycles. The van der Waals surface area contributed by atoms with Gasteiger partial charge in [-0.3, -0.25) is 0 Å². The summed E-state index contributed by atoms with van der Waals surface area (Å²) in [5.74, 6) is 0. The third kappa shape index (κ3) is 2.21. The number of benzene rings is 1. The Morgan fingerprint density at radius 2 is 2.27 bits per heavy atom. The Balaban J connectivity index is 3.01. The van der Waals surface area contributed by atoms with Gasteiger partial charge in [-0.15, -0.1) is 0 Å². The van der Waals surface area contributed by atoms with Gasteiger partial charge in [0.05, 0.1) is 0 Å². The third-order valence-electron chi connectivity index (χ3n) is 1.14. The summed E-state index contributed by atoms with van der Waals surface area (Å²) >= 11 is -0.436. The number of hydrogen-bond acceptors (Lipinski definition) is 2. The van der Waals surface area contributed by atoms with E-state index in [0.717, 1.165) is 4.35 Å². The Labute approximate surface area is 74.4 Å². The second-order valence-corrected chi connectivity index (χ2v) is 4.18. The van der Waals surface area contributed by atoms with Crippen LogP contribution >= 0.6 is 9.95 Å². The van der Waals surface area contributed by atoms with Crippen LogP contribution in [0, 0.1) is 10.1 Å². The van der Waals surface area contributed by atoms with E-state index in [9.17, 15) is 10.1 Å². The molecule has 0 aromatic heterocycles. The summed E-state index contributed by atoms with van der Waals surface area (Å²) in [6, 6.07) is 6.40. The summed E-state index contributed by atoms with van der Waals surface area (Å²) in [5, 5.41) is 10.2. The third-order valence-corrected chi connectivity index (χ3v) is 3.15. The van der Waals surface area contributed by atoms with Gasteiger partial charge < -0.3 is 0 Å². The molecule has 0 amide bonds. The van der Waals surface area contributed by atoms with E-state index in [0.29, 0.717) is 0 Å². The van der Waals surface area contributed by atoms with Crippen molar-refractivity contribution in [2.45, 2.75) is 0 Å². The molecule has 0 N–H and O–H groups in total. The van der Waals surface area contributed by atoms with Crippen molar-refractivity contribution in [1.29, 1.82) is 0 Å². The van der Waals surface area contributed by atoms with Crippen molar-refractivity contribution in [1.82, 2.24) is 0 Å². The van der Waals surface area contributed by atoms with Gasteiger partial charge in [0.25, 0.3) is 0 Å². The molecule has 0 saturated carbocycles. The molecule has 1 aromatic carbocycles. The molecule has 0 atom stereocenters. The van der Waals surface area contributed by atoms with Crippen molar-refractivity contribution in [2.75, 3.05) is 0 Å². The van der Waals surface area contributed by atoms with Gasteiger partial charge in [-0.2, -0.15) is 0 Å². The number of nitro groups is 1. The van der Waals surface area contributed by atoms with Crippen LogP contribution in [0.5, 0.6) is 0 Å². The van der Waals surface area contributed by atoms with Gasteiger partial charge >= 0.3 is 74.1 Å². The van der Waals surface area contributed by atoms with Crippen molar-refractivity contribution < 1.29 is 4.92 Å². The molecule has 3 nitrogen and oxygen atoms in total. The molecule has 0 heterocycles. The fourth-order valence-corrected chi connectivity index (χ4v) is 1.88. The zero-order chi connectivity index (χ0) is 8.27. The van der Waals surface area contributed by atoms with E-state index in [-0.39, 0.29) is 5.69 Å². The molecule has 0 aliphatic heterocycles. The first-order valence-electron chi connectivity index (χ1n) is 2.80. The van der Waals surface area contributed by atoms with E-state index < -0.39 is 19.7 Å². The molecule has 57 valence electrons. The summed E-state index contributed by atoms with van der Waals surface area (Å²) < 4.78 is 0.858. The van der Waals surface area contributed by atoms with Crippen molar-refractivity contribution in [3.8, 4) is 0 Å². The molecule has 0 spiro atoms. The predicted octanol–water partition coefficient (Wildman–Crippen LogP) is 1.08. The number of nitro benzene ring substituents is 1. The van der Waals surface area contributed by atoms with Crippen LogP contribution in [0.4, 0.5) is 5.69 Å². The minimum atomic E-state index is -0.436. The molecule has 0 bridgehead atoms. The fourth-order valence-electron chi connectivity index (χ4n) is 0.659. The zero-order valence-electron chi connectivity index (χ0n) is 5.40. The van der Waals surface area contributed by atoms with Gasteiger partial charge in [0.2, 0.25) is 0 Å². The van der Waals surface area contributed by atoms with Crippen LogP contribution in [0.1, 0.15) is 0 Å². The fraction of sp³-hybridized carbons (Fsp3) is 0. The van der Waals surface area contributed by atoms with Crippen LogP contribution in [0.3, 0.4) is 0 Å². The van der Waals surface area contributed by atoms with Gasteiger partial charge in [-0.05, 0) is 0 Å². The quantitative estimate of drug-likeness (QED) is 0.435. The molecule has 1 radical (unpaired) electrons. The van der Waals surface area contributed by atoms with Gasteiger partial charge in [-0.1, -0.05) is 0 Å². The standard InChI is InChI=1S/C6H4AsClNO2/c8-7-5-2-1-3-6(4-5)9(10)11/h1-4H. The van der Waals surface area contributed by atoms with E-state index in [4.69, 9.17) is 9.95 Å². The van der Waals surface area contributed by atoms with Crippen molar-refractivity contribution in [2.24, 2.45) is 0 Å².